The number of β-amino-alcohol motifs (C(OH)–C–C–N with tert-alkyl or cyclic N) is 1. The van der Waals surface area contributed by atoms with Gasteiger partial charge >= 0.3 is 5.97 Å². The van der Waals surface area contributed by atoms with Gasteiger partial charge in [0.25, 0.3) is 0 Å². The Morgan fingerprint density at radius 2 is 2.00 bits per heavy atom. The number of anilines is 1. The zero-order valence-electron chi connectivity index (χ0n) is 18.4. The van der Waals surface area contributed by atoms with E-state index in [1.54, 1.807) is 18.7 Å². The molecule has 0 aliphatic carbocycles. The first-order valence-corrected chi connectivity index (χ1v) is 11.8. The quantitative estimate of drug-likeness (QED) is 0.650. The van der Waals surface area contributed by atoms with Crippen LogP contribution < -0.4 is 5.32 Å². The van der Waals surface area contributed by atoms with Gasteiger partial charge in [-0.05, 0) is 44.2 Å². The van der Waals surface area contributed by atoms with Crippen LogP contribution in [0.4, 0.5) is 5.69 Å². The molecular formula is C23H30N2O5S. The number of hydrogen-bond acceptors (Lipinski definition) is 6. The van der Waals surface area contributed by atoms with Crippen molar-refractivity contribution in [2.24, 2.45) is 17.8 Å². The molecule has 3 aliphatic heterocycles. The summed E-state index contributed by atoms with van der Waals surface area (Å²) >= 11 is 1.60. The zero-order chi connectivity index (χ0) is 22.5. The van der Waals surface area contributed by atoms with E-state index >= 15 is 0 Å². The first-order chi connectivity index (χ1) is 14.8. The highest BCUT2D eigenvalue weighted by Crippen LogP contribution is 2.68. The maximum atomic E-state index is 13.7. The number of aliphatic hydroxyl groups excluding tert-OH is 1. The monoisotopic (exact) mass is 446 g/mol. The standard InChI is InChI=1S/C23H30N2O5S/c1-5-30-22(29)16-15-11-14(4)23(31-15)17(16)21(28)25(9-10-26)19(23)20(27)24-18-12(2)7-6-8-13(18)3/h6-8,14-17,19,26H,5,9-11H2,1-4H3,(H,24,27)/t14?,15-,16+,17-,19?,23?/m0/s1. The molecule has 3 fully saturated rings. The number of carbonyl (C=O) groups excluding carboxylic acids is 3. The van der Waals surface area contributed by atoms with Crippen LogP contribution in [0.1, 0.15) is 31.4 Å². The van der Waals surface area contributed by atoms with Crippen molar-refractivity contribution >= 4 is 35.2 Å². The Kier molecular flexibility index (Phi) is 5.81. The van der Waals surface area contributed by atoms with Crippen molar-refractivity contribution in [2.75, 3.05) is 25.1 Å². The molecule has 3 heterocycles. The highest BCUT2D eigenvalue weighted by atomic mass is 32.2. The van der Waals surface area contributed by atoms with Crippen molar-refractivity contribution in [3.8, 4) is 0 Å². The summed E-state index contributed by atoms with van der Waals surface area (Å²) in [5.41, 5.74) is 2.64. The Labute approximate surface area is 186 Å². The Morgan fingerprint density at radius 1 is 1.32 bits per heavy atom. The number of hydrogen-bond donors (Lipinski definition) is 2. The fourth-order valence-corrected chi connectivity index (χ4v) is 8.29. The minimum Gasteiger partial charge on any atom is -0.466 e. The summed E-state index contributed by atoms with van der Waals surface area (Å²) in [5, 5.41) is 12.7. The lowest BCUT2D eigenvalue weighted by Gasteiger charge is -2.38. The second-order valence-corrected chi connectivity index (χ2v) is 10.4. The molecular weight excluding hydrogens is 416 g/mol. The average Bonchev–Trinajstić information content (AvgIpc) is 3.30. The molecule has 3 saturated heterocycles. The van der Waals surface area contributed by atoms with Gasteiger partial charge in [-0.2, -0.15) is 0 Å². The SMILES string of the molecule is CCOC(=O)[C@@H]1[C@@H]2CC(C)C3(S2)C(C(=O)Nc2c(C)cccc2C)N(CCO)C(=O)[C@H]13. The van der Waals surface area contributed by atoms with Gasteiger partial charge in [0.05, 0.1) is 29.8 Å². The van der Waals surface area contributed by atoms with Crippen LogP contribution in [0.2, 0.25) is 0 Å². The fraction of sp³-hybridized carbons (Fsp3) is 0.609. The minimum atomic E-state index is -0.749. The number of fused-ring (bicyclic) bond motifs is 1. The molecule has 4 rings (SSSR count). The van der Waals surface area contributed by atoms with Gasteiger partial charge in [0.2, 0.25) is 11.8 Å². The molecule has 2 amide bonds. The number of carbonyl (C=O) groups is 3. The van der Waals surface area contributed by atoms with Crippen LogP contribution in [0.15, 0.2) is 18.2 Å². The number of aliphatic hydroxyl groups is 1. The smallest absolute Gasteiger partial charge is 0.310 e. The number of thioether (sulfide) groups is 1. The lowest BCUT2D eigenvalue weighted by Crippen LogP contribution is -2.55. The van der Waals surface area contributed by atoms with E-state index < -0.39 is 22.6 Å². The molecule has 2 bridgehead atoms. The molecule has 7 nitrogen and oxygen atoms in total. The molecule has 0 radical (unpaired) electrons. The zero-order valence-corrected chi connectivity index (χ0v) is 19.2. The van der Waals surface area contributed by atoms with Gasteiger partial charge in [0, 0.05) is 17.5 Å². The molecule has 0 aromatic heterocycles. The molecule has 8 heteroatoms. The minimum absolute atomic E-state index is 0.0326. The molecule has 1 spiro atoms. The summed E-state index contributed by atoms with van der Waals surface area (Å²) in [7, 11) is 0. The van der Waals surface area contributed by atoms with E-state index in [4.69, 9.17) is 4.74 Å². The van der Waals surface area contributed by atoms with E-state index in [1.807, 2.05) is 32.0 Å². The van der Waals surface area contributed by atoms with Gasteiger partial charge in [-0.1, -0.05) is 25.1 Å². The third-order valence-electron chi connectivity index (χ3n) is 7.12. The molecule has 1 aromatic rings. The topological polar surface area (TPSA) is 95.9 Å². The number of esters is 1. The number of amides is 2. The fourth-order valence-electron chi connectivity index (χ4n) is 5.88. The van der Waals surface area contributed by atoms with Gasteiger partial charge in [-0.25, -0.2) is 0 Å². The highest BCUT2D eigenvalue weighted by molar-refractivity contribution is 8.02. The molecule has 168 valence electrons. The Balaban J connectivity index is 1.75. The third kappa shape index (κ3) is 3.18. The normalized spacial score (nSPS) is 33.5. The van der Waals surface area contributed by atoms with E-state index in [-0.39, 0.29) is 48.7 Å². The van der Waals surface area contributed by atoms with Crippen LogP contribution in [0.5, 0.6) is 0 Å². The molecule has 2 N–H and O–H groups in total. The van der Waals surface area contributed by atoms with Crippen molar-refractivity contribution in [3.63, 3.8) is 0 Å². The van der Waals surface area contributed by atoms with E-state index in [0.717, 1.165) is 23.2 Å². The first-order valence-electron chi connectivity index (χ1n) is 10.9. The molecule has 3 unspecified atom stereocenters. The van der Waals surface area contributed by atoms with Gasteiger partial charge < -0.3 is 20.1 Å². The lowest BCUT2D eigenvalue weighted by molar-refractivity contribution is -0.154. The Hall–Kier alpha value is -2.06. The predicted octanol–water partition coefficient (Wildman–Crippen LogP) is 2.13. The van der Waals surface area contributed by atoms with Crippen LogP contribution in [-0.2, 0) is 19.1 Å². The van der Waals surface area contributed by atoms with E-state index in [0.29, 0.717) is 0 Å². The van der Waals surface area contributed by atoms with Crippen LogP contribution in [-0.4, -0.2) is 63.6 Å². The van der Waals surface area contributed by atoms with E-state index in [9.17, 15) is 19.5 Å². The summed E-state index contributed by atoms with van der Waals surface area (Å²) in [6.45, 7) is 7.77. The number of nitrogens with one attached hydrogen (secondary N) is 1. The Bertz CT molecular complexity index is 901. The number of benzene rings is 1. The van der Waals surface area contributed by atoms with Crippen LogP contribution in [0.3, 0.4) is 0 Å². The van der Waals surface area contributed by atoms with Crippen LogP contribution in [0, 0.1) is 31.6 Å². The van der Waals surface area contributed by atoms with Gasteiger partial charge in [0.1, 0.15) is 6.04 Å². The van der Waals surface area contributed by atoms with E-state index in [1.165, 1.54) is 4.90 Å². The van der Waals surface area contributed by atoms with Gasteiger partial charge in [-0.15, -0.1) is 11.8 Å². The molecule has 31 heavy (non-hydrogen) atoms. The van der Waals surface area contributed by atoms with Gasteiger partial charge in [-0.3, -0.25) is 14.4 Å². The largest absolute Gasteiger partial charge is 0.466 e. The molecule has 1 aromatic carbocycles. The second kappa shape index (κ2) is 8.13. The number of nitrogens with zero attached hydrogens (tertiary/aromatic N) is 1. The molecule has 0 saturated carbocycles. The van der Waals surface area contributed by atoms with Crippen molar-refractivity contribution < 1.29 is 24.2 Å². The Morgan fingerprint density at radius 3 is 2.61 bits per heavy atom. The van der Waals surface area contributed by atoms with Crippen LogP contribution in [0.25, 0.3) is 0 Å². The number of likely N-dealkylation sites (tertiary alicyclic amines) is 1. The van der Waals surface area contributed by atoms with E-state index in [2.05, 4.69) is 12.2 Å². The second-order valence-electron chi connectivity index (χ2n) is 8.82. The maximum Gasteiger partial charge on any atom is 0.310 e. The number of ether oxygens (including phenoxy) is 1. The summed E-state index contributed by atoms with van der Waals surface area (Å²) < 4.78 is 4.61. The number of rotatable bonds is 6. The summed E-state index contributed by atoms with van der Waals surface area (Å²) in [5.74, 6) is -1.91. The average molecular weight is 447 g/mol. The summed E-state index contributed by atoms with van der Waals surface area (Å²) in [6.07, 6.45) is 0.762. The van der Waals surface area contributed by atoms with Crippen molar-refractivity contribution in [3.05, 3.63) is 29.3 Å². The predicted molar refractivity (Wildman–Crippen MR) is 119 cm³/mol. The highest BCUT2D eigenvalue weighted by Gasteiger charge is 2.76. The van der Waals surface area contributed by atoms with Crippen molar-refractivity contribution in [2.45, 2.75) is 50.2 Å². The maximum absolute atomic E-state index is 13.7. The molecule has 3 aliphatic rings. The summed E-state index contributed by atoms with van der Waals surface area (Å²) in [6, 6.07) is 5.06. The van der Waals surface area contributed by atoms with Gasteiger partial charge in [0.15, 0.2) is 0 Å². The first kappa shape index (κ1) is 22.1. The van der Waals surface area contributed by atoms with Crippen molar-refractivity contribution in [1.82, 2.24) is 4.90 Å². The third-order valence-corrected chi connectivity index (χ3v) is 9.20. The van der Waals surface area contributed by atoms with Crippen LogP contribution >= 0.6 is 11.8 Å². The van der Waals surface area contributed by atoms with Crippen molar-refractivity contribution in [1.29, 1.82) is 0 Å². The number of para-hydroxylation sites is 1. The summed E-state index contributed by atoms with van der Waals surface area (Å²) in [4.78, 5) is 41.5. The molecule has 6 atom stereocenters. The lowest BCUT2D eigenvalue weighted by atomic mass is 9.66. The number of aryl methyl sites for hydroxylation is 2.